The molecule has 1 heterocycles. The van der Waals surface area contributed by atoms with E-state index in [0.29, 0.717) is 11.7 Å². The Morgan fingerprint density at radius 3 is 2.29 bits per heavy atom. The predicted octanol–water partition coefficient (Wildman–Crippen LogP) is 3.02. The number of hydrogen-bond acceptors (Lipinski definition) is 5. The van der Waals surface area contributed by atoms with Crippen LogP contribution in [0.4, 0.5) is 0 Å². The summed E-state index contributed by atoms with van der Waals surface area (Å²) in [6, 6.07) is 0. The first kappa shape index (κ1) is 18.7. The molecule has 1 aromatic heterocycles. The van der Waals surface area contributed by atoms with Crippen LogP contribution < -0.4 is 11.5 Å². The molecule has 4 N–H and O–H groups in total. The Morgan fingerprint density at radius 2 is 1.67 bits per heavy atom. The summed E-state index contributed by atoms with van der Waals surface area (Å²) in [5.41, 5.74) is 12.2. The molecule has 2 saturated carbocycles. The Balaban J connectivity index is 0.00000110. The molecule has 0 aliphatic heterocycles. The third-order valence-corrected chi connectivity index (χ3v) is 4.94. The highest BCUT2D eigenvalue weighted by molar-refractivity contribution is 5.85. The molecule has 2 unspecified atom stereocenters. The SMILES string of the molecule is CC1(N)CCCCC1c1nc(C2(N)CCCC2)no1.Cl.Cl. The third kappa shape index (κ3) is 3.52. The molecule has 2 aliphatic carbocycles. The first-order valence-corrected chi connectivity index (χ1v) is 7.43. The molecule has 3 rings (SSSR count). The van der Waals surface area contributed by atoms with E-state index in [0.717, 1.165) is 38.5 Å². The lowest BCUT2D eigenvalue weighted by atomic mass is 9.74. The van der Waals surface area contributed by atoms with Crippen molar-refractivity contribution in [1.29, 1.82) is 0 Å². The summed E-state index contributed by atoms with van der Waals surface area (Å²) in [6.07, 6.45) is 8.63. The molecule has 0 amide bonds. The van der Waals surface area contributed by atoms with E-state index < -0.39 is 0 Å². The van der Waals surface area contributed by atoms with Crippen LogP contribution >= 0.6 is 24.8 Å². The molecule has 122 valence electrons. The molecule has 0 bridgehead atoms. The van der Waals surface area contributed by atoms with Crippen molar-refractivity contribution < 1.29 is 4.52 Å². The van der Waals surface area contributed by atoms with Crippen molar-refractivity contribution in [3.63, 3.8) is 0 Å². The highest BCUT2D eigenvalue weighted by Gasteiger charge is 2.40. The smallest absolute Gasteiger partial charge is 0.231 e. The van der Waals surface area contributed by atoms with Crippen molar-refractivity contribution in [2.24, 2.45) is 11.5 Å². The van der Waals surface area contributed by atoms with Crippen LogP contribution in [0.3, 0.4) is 0 Å². The van der Waals surface area contributed by atoms with Crippen LogP contribution in [0.2, 0.25) is 0 Å². The van der Waals surface area contributed by atoms with Crippen LogP contribution in [0.5, 0.6) is 0 Å². The molecule has 2 fully saturated rings. The molecule has 5 nitrogen and oxygen atoms in total. The van der Waals surface area contributed by atoms with E-state index in [4.69, 9.17) is 16.0 Å². The summed E-state index contributed by atoms with van der Waals surface area (Å²) in [5, 5.41) is 4.14. The van der Waals surface area contributed by atoms with Gasteiger partial charge < -0.3 is 16.0 Å². The molecule has 21 heavy (non-hydrogen) atoms. The highest BCUT2D eigenvalue weighted by atomic mass is 35.5. The monoisotopic (exact) mass is 336 g/mol. The Hall–Kier alpha value is -0.360. The molecule has 0 saturated heterocycles. The second kappa shape index (κ2) is 6.82. The van der Waals surface area contributed by atoms with Gasteiger partial charge >= 0.3 is 0 Å². The van der Waals surface area contributed by atoms with Crippen LogP contribution in [0, 0.1) is 0 Å². The van der Waals surface area contributed by atoms with Gasteiger partial charge in [0, 0.05) is 5.54 Å². The molecule has 2 atom stereocenters. The highest BCUT2D eigenvalue weighted by Crippen LogP contribution is 2.40. The fraction of sp³-hybridized carbons (Fsp3) is 0.857. The lowest BCUT2D eigenvalue weighted by Crippen LogP contribution is -2.45. The summed E-state index contributed by atoms with van der Waals surface area (Å²) in [4.78, 5) is 4.60. The Bertz CT molecular complexity index is 458. The van der Waals surface area contributed by atoms with Crippen molar-refractivity contribution >= 4 is 24.8 Å². The van der Waals surface area contributed by atoms with Gasteiger partial charge in [0.1, 0.15) is 0 Å². The summed E-state index contributed by atoms with van der Waals surface area (Å²) < 4.78 is 5.50. The molecule has 7 heteroatoms. The van der Waals surface area contributed by atoms with Gasteiger partial charge in [0.05, 0.1) is 11.5 Å². The maximum atomic E-state index is 6.39. The third-order valence-electron chi connectivity index (χ3n) is 4.94. The first-order valence-electron chi connectivity index (χ1n) is 7.43. The van der Waals surface area contributed by atoms with E-state index in [1.54, 1.807) is 0 Å². The standard InChI is InChI=1S/C14H24N4O.2ClH/c1-13(15)7-3-2-6-10(13)11-17-12(18-19-11)14(16)8-4-5-9-14;;/h10H,2-9,15-16H2,1H3;2*1H. The van der Waals surface area contributed by atoms with Crippen molar-refractivity contribution in [2.45, 2.75) is 75.3 Å². The molecular weight excluding hydrogens is 311 g/mol. The summed E-state index contributed by atoms with van der Waals surface area (Å²) in [7, 11) is 0. The second-order valence-electron chi connectivity index (χ2n) is 6.62. The quantitative estimate of drug-likeness (QED) is 0.866. The van der Waals surface area contributed by atoms with Crippen LogP contribution in [-0.4, -0.2) is 15.7 Å². The van der Waals surface area contributed by atoms with Crippen molar-refractivity contribution in [2.75, 3.05) is 0 Å². The van der Waals surface area contributed by atoms with Gasteiger partial charge in [-0.05, 0) is 32.6 Å². The van der Waals surface area contributed by atoms with Crippen molar-refractivity contribution in [3.8, 4) is 0 Å². The van der Waals surface area contributed by atoms with Gasteiger partial charge in [0.2, 0.25) is 5.89 Å². The van der Waals surface area contributed by atoms with E-state index in [9.17, 15) is 0 Å². The first-order chi connectivity index (χ1) is 9.01. The van der Waals surface area contributed by atoms with Gasteiger partial charge in [0.15, 0.2) is 5.82 Å². The normalized spacial score (nSPS) is 31.3. The van der Waals surface area contributed by atoms with Crippen LogP contribution in [0.25, 0.3) is 0 Å². The van der Waals surface area contributed by atoms with Gasteiger partial charge in [-0.3, -0.25) is 0 Å². The van der Waals surface area contributed by atoms with Crippen molar-refractivity contribution in [1.82, 2.24) is 10.1 Å². The largest absolute Gasteiger partial charge is 0.339 e. The minimum Gasteiger partial charge on any atom is -0.339 e. The fourth-order valence-corrected chi connectivity index (χ4v) is 3.57. The minimum atomic E-state index is -0.374. The predicted molar refractivity (Wildman–Crippen MR) is 86.9 cm³/mol. The van der Waals surface area contributed by atoms with Gasteiger partial charge in [-0.25, -0.2) is 0 Å². The number of rotatable bonds is 2. The number of nitrogens with two attached hydrogens (primary N) is 2. The van der Waals surface area contributed by atoms with E-state index in [1.807, 2.05) is 0 Å². The van der Waals surface area contributed by atoms with E-state index in [2.05, 4.69) is 17.1 Å². The second-order valence-corrected chi connectivity index (χ2v) is 6.62. The maximum absolute atomic E-state index is 6.39. The molecular formula is C14H26Cl2N4O. The molecule has 2 aliphatic rings. The zero-order valence-corrected chi connectivity index (χ0v) is 14.1. The zero-order valence-electron chi connectivity index (χ0n) is 12.5. The Labute approximate surface area is 138 Å². The average molecular weight is 337 g/mol. The average Bonchev–Trinajstić information content (AvgIpc) is 2.98. The number of aromatic nitrogens is 2. The zero-order chi connectivity index (χ0) is 13.5. The van der Waals surface area contributed by atoms with Crippen LogP contribution in [0.15, 0.2) is 4.52 Å². The van der Waals surface area contributed by atoms with Crippen LogP contribution in [-0.2, 0) is 5.54 Å². The number of halogens is 2. The molecule has 0 spiro atoms. The number of nitrogens with zero attached hydrogens (tertiary/aromatic N) is 2. The lowest BCUT2D eigenvalue weighted by molar-refractivity contribution is 0.222. The lowest BCUT2D eigenvalue weighted by Gasteiger charge is -2.35. The number of hydrogen-bond donors (Lipinski definition) is 2. The van der Waals surface area contributed by atoms with Crippen LogP contribution in [0.1, 0.15) is 75.9 Å². The Morgan fingerprint density at radius 1 is 1.05 bits per heavy atom. The molecule has 0 radical (unpaired) electrons. The van der Waals surface area contributed by atoms with E-state index in [1.165, 1.54) is 12.8 Å². The minimum absolute atomic E-state index is 0. The topological polar surface area (TPSA) is 91.0 Å². The fourth-order valence-electron chi connectivity index (χ4n) is 3.57. The van der Waals surface area contributed by atoms with Gasteiger partial charge in [0.25, 0.3) is 0 Å². The summed E-state index contributed by atoms with van der Waals surface area (Å²) >= 11 is 0. The van der Waals surface area contributed by atoms with Crippen molar-refractivity contribution in [3.05, 3.63) is 11.7 Å². The summed E-state index contributed by atoms with van der Waals surface area (Å²) in [5.74, 6) is 1.55. The van der Waals surface area contributed by atoms with E-state index in [-0.39, 0.29) is 41.8 Å². The Kier molecular flexibility index (Phi) is 6.07. The maximum Gasteiger partial charge on any atom is 0.231 e. The molecule has 1 aromatic rings. The molecule has 0 aromatic carbocycles. The van der Waals surface area contributed by atoms with Gasteiger partial charge in [-0.1, -0.05) is 30.8 Å². The van der Waals surface area contributed by atoms with Gasteiger partial charge in [-0.2, -0.15) is 4.98 Å². The van der Waals surface area contributed by atoms with E-state index >= 15 is 0 Å². The van der Waals surface area contributed by atoms with Gasteiger partial charge in [-0.15, -0.1) is 24.8 Å². The summed E-state index contributed by atoms with van der Waals surface area (Å²) in [6.45, 7) is 2.09.